The number of aromatic carboxylic acids is 1. The summed E-state index contributed by atoms with van der Waals surface area (Å²) in [5.41, 5.74) is 5.98. The van der Waals surface area contributed by atoms with Gasteiger partial charge in [0.2, 0.25) is 0 Å². The van der Waals surface area contributed by atoms with Crippen molar-refractivity contribution in [3.63, 3.8) is 0 Å². The highest BCUT2D eigenvalue weighted by atomic mass is 16.4. The van der Waals surface area contributed by atoms with Crippen LogP contribution in [0.1, 0.15) is 66.1 Å². The fraction of sp³-hybridized carbons (Fsp3) is 0.409. The standard InChI is InChI=1S/C22H23N3O2/c26-22(27)15-8-9-16-18(13-15)25-12-4-7-17-20(24-11-10-23-17)21(25)19(16)14-5-2-1-3-6-14/h8-11,13-14H,1-7,12H2,(H,26,27). The van der Waals surface area contributed by atoms with Gasteiger partial charge in [-0.05, 0) is 49.3 Å². The smallest absolute Gasteiger partial charge is 0.335 e. The zero-order chi connectivity index (χ0) is 18.4. The van der Waals surface area contributed by atoms with Gasteiger partial charge in [-0.1, -0.05) is 25.3 Å². The Hall–Kier alpha value is -2.69. The monoisotopic (exact) mass is 361 g/mol. The molecule has 0 spiro atoms. The molecule has 0 amide bonds. The average Bonchev–Trinajstić information content (AvgIpc) is 2.90. The highest BCUT2D eigenvalue weighted by molar-refractivity contribution is 5.98. The van der Waals surface area contributed by atoms with E-state index in [1.54, 1.807) is 18.5 Å². The van der Waals surface area contributed by atoms with Crippen molar-refractivity contribution in [1.29, 1.82) is 0 Å². The third kappa shape index (κ3) is 2.64. The van der Waals surface area contributed by atoms with Gasteiger partial charge in [0.25, 0.3) is 0 Å². The van der Waals surface area contributed by atoms with Crippen molar-refractivity contribution in [1.82, 2.24) is 14.5 Å². The van der Waals surface area contributed by atoms with Crippen molar-refractivity contribution in [2.24, 2.45) is 0 Å². The molecule has 5 rings (SSSR count). The Morgan fingerprint density at radius 2 is 1.89 bits per heavy atom. The second-order valence-corrected chi connectivity index (χ2v) is 7.74. The van der Waals surface area contributed by atoms with Gasteiger partial charge < -0.3 is 9.67 Å². The van der Waals surface area contributed by atoms with Crippen LogP contribution in [-0.2, 0) is 13.0 Å². The number of nitrogens with zero attached hydrogens (tertiary/aromatic N) is 3. The van der Waals surface area contributed by atoms with E-state index in [0.29, 0.717) is 11.5 Å². The minimum Gasteiger partial charge on any atom is -0.478 e. The van der Waals surface area contributed by atoms with Gasteiger partial charge in [0.15, 0.2) is 0 Å². The number of carboxylic acids is 1. The molecule has 2 aromatic heterocycles. The van der Waals surface area contributed by atoms with Gasteiger partial charge in [-0.3, -0.25) is 9.97 Å². The maximum Gasteiger partial charge on any atom is 0.335 e. The first-order valence-corrected chi connectivity index (χ1v) is 9.93. The number of hydrogen-bond acceptors (Lipinski definition) is 3. The van der Waals surface area contributed by atoms with Gasteiger partial charge in [0, 0.05) is 29.8 Å². The number of carboxylic acid groups (broad SMARTS) is 1. The van der Waals surface area contributed by atoms with Crippen LogP contribution >= 0.6 is 0 Å². The molecule has 138 valence electrons. The van der Waals surface area contributed by atoms with Gasteiger partial charge in [-0.15, -0.1) is 0 Å². The minimum atomic E-state index is -0.875. The average molecular weight is 361 g/mol. The summed E-state index contributed by atoms with van der Waals surface area (Å²) < 4.78 is 2.31. The lowest BCUT2D eigenvalue weighted by atomic mass is 9.82. The maximum atomic E-state index is 11.6. The number of aryl methyl sites for hydroxylation is 2. The Bertz CT molecular complexity index is 1030. The first kappa shape index (κ1) is 16.5. The SMILES string of the molecule is O=C(O)c1ccc2c(C3CCCCC3)c3n(c2c1)CCCc1nccnc1-3. The highest BCUT2D eigenvalue weighted by Crippen LogP contribution is 2.45. The molecule has 0 bridgehead atoms. The zero-order valence-electron chi connectivity index (χ0n) is 15.3. The first-order valence-electron chi connectivity index (χ1n) is 9.93. The molecule has 0 radical (unpaired) electrons. The summed E-state index contributed by atoms with van der Waals surface area (Å²) in [4.78, 5) is 20.9. The molecule has 1 aliphatic carbocycles. The van der Waals surface area contributed by atoms with E-state index in [4.69, 9.17) is 4.98 Å². The summed E-state index contributed by atoms with van der Waals surface area (Å²) in [5.74, 6) is -0.360. The molecule has 1 fully saturated rings. The fourth-order valence-corrected chi connectivity index (χ4v) is 4.95. The normalized spacial score (nSPS) is 17.3. The molecule has 0 atom stereocenters. The van der Waals surface area contributed by atoms with Crippen molar-refractivity contribution in [2.45, 2.75) is 57.4 Å². The van der Waals surface area contributed by atoms with E-state index < -0.39 is 5.97 Å². The first-order chi connectivity index (χ1) is 13.2. The molecule has 5 heteroatoms. The van der Waals surface area contributed by atoms with E-state index in [9.17, 15) is 9.90 Å². The number of rotatable bonds is 2. The Morgan fingerprint density at radius 1 is 1.07 bits per heavy atom. The molecule has 0 unspecified atom stereocenters. The molecule has 3 heterocycles. The Balaban J connectivity index is 1.84. The van der Waals surface area contributed by atoms with E-state index in [2.05, 4.69) is 9.55 Å². The molecule has 0 saturated heterocycles. The fourth-order valence-electron chi connectivity index (χ4n) is 4.95. The molecule has 2 aliphatic rings. The van der Waals surface area contributed by atoms with Crippen molar-refractivity contribution in [3.8, 4) is 11.4 Å². The molecule has 1 aliphatic heterocycles. The molecular weight excluding hydrogens is 338 g/mol. The highest BCUT2D eigenvalue weighted by Gasteiger charge is 2.29. The Morgan fingerprint density at radius 3 is 2.70 bits per heavy atom. The van der Waals surface area contributed by atoms with Gasteiger partial charge in [-0.25, -0.2) is 4.79 Å². The summed E-state index contributed by atoms with van der Waals surface area (Å²) in [7, 11) is 0. The van der Waals surface area contributed by atoms with Gasteiger partial charge in [0.1, 0.15) is 5.69 Å². The molecule has 3 aromatic rings. The van der Waals surface area contributed by atoms with Crippen molar-refractivity contribution in [2.75, 3.05) is 0 Å². The van der Waals surface area contributed by atoms with Crippen LogP contribution in [0.3, 0.4) is 0 Å². The lowest BCUT2D eigenvalue weighted by Gasteiger charge is -2.23. The molecule has 1 saturated carbocycles. The third-order valence-electron chi connectivity index (χ3n) is 6.16. The molecule has 1 aromatic carbocycles. The van der Waals surface area contributed by atoms with Crippen LogP contribution in [0.5, 0.6) is 0 Å². The molecule has 27 heavy (non-hydrogen) atoms. The Labute approximate surface area is 158 Å². The number of hydrogen-bond donors (Lipinski definition) is 1. The van der Waals surface area contributed by atoms with Gasteiger partial charge >= 0.3 is 5.97 Å². The number of benzene rings is 1. The third-order valence-corrected chi connectivity index (χ3v) is 6.16. The van der Waals surface area contributed by atoms with Crippen LogP contribution in [0.2, 0.25) is 0 Å². The summed E-state index contributed by atoms with van der Waals surface area (Å²) in [6.07, 6.45) is 11.7. The predicted octanol–water partition coefficient (Wildman–Crippen LogP) is 4.79. The maximum absolute atomic E-state index is 11.6. The van der Waals surface area contributed by atoms with Crippen LogP contribution in [0.4, 0.5) is 0 Å². The number of aromatic nitrogens is 3. The zero-order valence-corrected chi connectivity index (χ0v) is 15.3. The summed E-state index contributed by atoms with van der Waals surface area (Å²) >= 11 is 0. The number of fused-ring (bicyclic) bond motifs is 5. The minimum absolute atomic E-state index is 0.349. The Kier molecular flexibility index (Phi) is 3.96. The second-order valence-electron chi connectivity index (χ2n) is 7.74. The van der Waals surface area contributed by atoms with Crippen LogP contribution in [0, 0.1) is 0 Å². The van der Waals surface area contributed by atoms with E-state index >= 15 is 0 Å². The van der Waals surface area contributed by atoms with Gasteiger partial charge in [-0.2, -0.15) is 0 Å². The van der Waals surface area contributed by atoms with E-state index in [0.717, 1.165) is 36.3 Å². The quantitative estimate of drug-likeness (QED) is 0.712. The van der Waals surface area contributed by atoms with Crippen LogP contribution in [0.15, 0.2) is 30.6 Å². The lowest BCUT2D eigenvalue weighted by Crippen LogP contribution is -2.07. The largest absolute Gasteiger partial charge is 0.478 e. The van der Waals surface area contributed by atoms with Crippen molar-refractivity contribution in [3.05, 3.63) is 47.4 Å². The lowest BCUT2D eigenvalue weighted by molar-refractivity contribution is 0.0697. The molecular formula is C22H23N3O2. The van der Waals surface area contributed by atoms with E-state index in [1.807, 2.05) is 12.1 Å². The van der Waals surface area contributed by atoms with Crippen LogP contribution < -0.4 is 0 Å². The van der Waals surface area contributed by atoms with Crippen LogP contribution in [-0.4, -0.2) is 25.6 Å². The van der Waals surface area contributed by atoms with Crippen molar-refractivity contribution >= 4 is 16.9 Å². The summed E-state index contributed by atoms with van der Waals surface area (Å²) in [5, 5.41) is 10.7. The second kappa shape index (κ2) is 6.48. The topological polar surface area (TPSA) is 68.0 Å². The van der Waals surface area contributed by atoms with Crippen molar-refractivity contribution < 1.29 is 9.90 Å². The summed E-state index contributed by atoms with van der Waals surface area (Å²) in [6.45, 7) is 0.875. The van der Waals surface area contributed by atoms with E-state index in [1.165, 1.54) is 48.7 Å². The van der Waals surface area contributed by atoms with Crippen LogP contribution in [0.25, 0.3) is 22.3 Å². The summed E-state index contributed by atoms with van der Waals surface area (Å²) in [6, 6.07) is 5.60. The number of carbonyl (C=O) groups is 1. The molecule has 5 nitrogen and oxygen atoms in total. The van der Waals surface area contributed by atoms with Gasteiger partial charge in [0.05, 0.1) is 17.0 Å². The predicted molar refractivity (Wildman–Crippen MR) is 104 cm³/mol. The van der Waals surface area contributed by atoms with E-state index in [-0.39, 0.29) is 0 Å². The molecule has 1 N–H and O–H groups in total.